The van der Waals surface area contributed by atoms with Crippen LogP contribution in [0.25, 0.3) is 0 Å². The fraction of sp³-hybridized carbons (Fsp3) is 0.350. The summed E-state index contributed by atoms with van der Waals surface area (Å²) in [5.74, 6) is 0.965. The van der Waals surface area contributed by atoms with Crippen molar-refractivity contribution in [1.29, 1.82) is 0 Å². The highest BCUT2D eigenvalue weighted by Crippen LogP contribution is 2.32. The normalized spacial score (nSPS) is 15.9. The van der Waals surface area contributed by atoms with Crippen molar-refractivity contribution in [2.24, 2.45) is 5.41 Å². The molecule has 2 N–H and O–H groups in total. The van der Waals surface area contributed by atoms with Crippen LogP contribution in [0.15, 0.2) is 54.6 Å². The maximum Gasteiger partial charge on any atom is 0.253 e. The molecule has 2 aromatic carbocycles. The Morgan fingerprint density at radius 3 is 2.23 bits per heavy atom. The van der Waals surface area contributed by atoms with E-state index in [0.29, 0.717) is 38.4 Å². The number of amides is 1. The maximum atomic E-state index is 12.1. The van der Waals surface area contributed by atoms with E-state index in [2.05, 4.69) is 0 Å². The Morgan fingerprint density at radius 1 is 1.00 bits per heavy atom. The van der Waals surface area contributed by atoms with Gasteiger partial charge in [0.25, 0.3) is 5.91 Å². The minimum absolute atomic E-state index is 0.187. The molecule has 6 heteroatoms. The fourth-order valence-electron chi connectivity index (χ4n) is 2.91. The molecule has 1 saturated heterocycles. The first-order valence-corrected chi connectivity index (χ1v) is 8.64. The molecular formula is C20H23NO5. The van der Waals surface area contributed by atoms with Crippen molar-refractivity contribution in [3.8, 4) is 11.5 Å². The van der Waals surface area contributed by atoms with Crippen LogP contribution in [0.5, 0.6) is 11.5 Å². The molecule has 1 amide bonds. The SMILES string of the molecule is O=C(NO)C1(COc2ccc(OCc3ccccc3)cc2)CCOCC1. The largest absolute Gasteiger partial charge is 0.492 e. The molecule has 3 rings (SSSR count). The Balaban J connectivity index is 1.55. The highest BCUT2D eigenvalue weighted by Gasteiger charge is 2.41. The van der Waals surface area contributed by atoms with Crippen molar-refractivity contribution in [2.75, 3.05) is 19.8 Å². The van der Waals surface area contributed by atoms with Crippen molar-refractivity contribution >= 4 is 5.91 Å². The van der Waals surface area contributed by atoms with Crippen LogP contribution in [0.1, 0.15) is 18.4 Å². The Bertz CT molecular complexity index is 696. The second-order valence-electron chi connectivity index (χ2n) is 6.37. The van der Waals surface area contributed by atoms with E-state index in [1.807, 2.05) is 54.6 Å². The summed E-state index contributed by atoms with van der Waals surface area (Å²) in [5, 5.41) is 9.03. The second-order valence-corrected chi connectivity index (χ2v) is 6.37. The molecule has 0 spiro atoms. The monoisotopic (exact) mass is 357 g/mol. The lowest BCUT2D eigenvalue weighted by atomic mass is 9.80. The van der Waals surface area contributed by atoms with Crippen molar-refractivity contribution in [3.63, 3.8) is 0 Å². The van der Waals surface area contributed by atoms with Gasteiger partial charge in [-0.1, -0.05) is 30.3 Å². The predicted octanol–water partition coefficient (Wildman–Crippen LogP) is 2.95. The summed E-state index contributed by atoms with van der Waals surface area (Å²) >= 11 is 0. The molecular weight excluding hydrogens is 334 g/mol. The number of carbonyl (C=O) groups is 1. The Morgan fingerprint density at radius 2 is 1.62 bits per heavy atom. The van der Waals surface area contributed by atoms with Crippen LogP contribution in [0, 0.1) is 5.41 Å². The number of benzene rings is 2. The van der Waals surface area contributed by atoms with Gasteiger partial charge in [0.15, 0.2) is 0 Å². The van der Waals surface area contributed by atoms with E-state index < -0.39 is 11.3 Å². The molecule has 0 aliphatic carbocycles. The summed E-state index contributed by atoms with van der Waals surface area (Å²) in [4.78, 5) is 12.1. The van der Waals surface area contributed by atoms with Crippen LogP contribution in [-0.4, -0.2) is 30.9 Å². The van der Waals surface area contributed by atoms with Gasteiger partial charge in [-0.15, -0.1) is 0 Å². The summed E-state index contributed by atoms with van der Waals surface area (Å²) in [6.07, 6.45) is 1.02. The average molecular weight is 357 g/mol. The molecule has 1 aliphatic heterocycles. The summed E-state index contributed by atoms with van der Waals surface area (Å²) in [7, 11) is 0. The lowest BCUT2D eigenvalue weighted by molar-refractivity contribution is -0.148. The summed E-state index contributed by atoms with van der Waals surface area (Å²) in [6, 6.07) is 17.2. The predicted molar refractivity (Wildman–Crippen MR) is 95.1 cm³/mol. The highest BCUT2D eigenvalue weighted by atomic mass is 16.5. The second kappa shape index (κ2) is 8.69. The van der Waals surface area contributed by atoms with E-state index in [1.54, 1.807) is 5.48 Å². The van der Waals surface area contributed by atoms with Gasteiger partial charge in [0.2, 0.25) is 0 Å². The molecule has 0 atom stereocenters. The molecule has 0 aromatic heterocycles. The smallest absolute Gasteiger partial charge is 0.253 e. The summed E-state index contributed by atoms with van der Waals surface area (Å²) in [5.41, 5.74) is 2.09. The van der Waals surface area contributed by atoms with Gasteiger partial charge in [-0.2, -0.15) is 0 Å². The topological polar surface area (TPSA) is 77.0 Å². The van der Waals surface area contributed by atoms with Crippen LogP contribution < -0.4 is 15.0 Å². The molecule has 1 aliphatic rings. The van der Waals surface area contributed by atoms with E-state index in [4.69, 9.17) is 19.4 Å². The Kier molecular flexibility index (Phi) is 6.09. The van der Waals surface area contributed by atoms with Crippen LogP contribution in [0.4, 0.5) is 0 Å². The molecule has 0 bridgehead atoms. The van der Waals surface area contributed by atoms with E-state index in [0.717, 1.165) is 11.3 Å². The van der Waals surface area contributed by atoms with E-state index in [-0.39, 0.29) is 6.61 Å². The minimum Gasteiger partial charge on any atom is -0.492 e. The first kappa shape index (κ1) is 18.2. The van der Waals surface area contributed by atoms with Crippen molar-refractivity contribution < 1.29 is 24.2 Å². The molecule has 0 unspecified atom stereocenters. The number of nitrogens with one attached hydrogen (secondary N) is 1. The molecule has 26 heavy (non-hydrogen) atoms. The van der Waals surface area contributed by atoms with Gasteiger partial charge in [-0.3, -0.25) is 10.0 Å². The standard InChI is InChI=1S/C20H23NO5/c22-19(21-23)20(10-12-24-13-11-20)15-26-18-8-6-17(7-9-18)25-14-16-4-2-1-3-5-16/h1-9,23H,10-15H2,(H,21,22). The van der Waals surface area contributed by atoms with Gasteiger partial charge >= 0.3 is 0 Å². The third kappa shape index (κ3) is 4.53. The van der Waals surface area contributed by atoms with Crippen LogP contribution in [-0.2, 0) is 16.1 Å². The zero-order valence-electron chi connectivity index (χ0n) is 14.5. The first-order chi connectivity index (χ1) is 12.7. The van der Waals surface area contributed by atoms with Crippen molar-refractivity contribution in [2.45, 2.75) is 19.4 Å². The number of rotatable bonds is 7. The third-order valence-electron chi connectivity index (χ3n) is 4.62. The lowest BCUT2D eigenvalue weighted by Gasteiger charge is -2.34. The molecule has 0 saturated carbocycles. The quantitative estimate of drug-likeness (QED) is 0.588. The number of hydrogen-bond acceptors (Lipinski definition) is 5. The molecule has 138 valence electrons. The van der Waals surface area contributed by atoms with Gasteiger partial charge in [0.1, 0.15) is 24.7 Å². The van der Waals surface area contributed by atoms with E-state index in [9.17, 15) is 4.79 Å². The number of hydrogen-bond donors (Lipinski definition) is 2. The number of hydroxylamine groups is 1. The van der Waals surface area contributed by atoms with Crippen LogP contribution in [0.3, 0.4) is 0 Å². The third-order valence-corrected chi connectivity index (χ3v) is 4.62. The van der Waals surface area contributed by atoms with E-state index >= 15 is 0 Å². The highest BCUT2D eigenvalue weighted by molar-refractivity contribution is 5.81. The molecule has 6 nitrogen and oxygen atoms in total. The number of ether oxygens (including phenoxy) is 3. The molecule has 1 heterocycles. The molecule has 2 aromatic rings. The Labute approximate surface area is 152 Å². The van der Waals surface area contributed by atoms with Gasteiger partial charge in [0.05, 0.1) is 5.41 Å². The first-order valence-electron chi connectivity index (χ1n) is 8.64. The molecule has 1 fully saturated rings. The zero-order chi connectivity index (χ0) is 18.2. The van der Waals surface area contributed by atoms with Crippen LogP contribution in [0.2, 0.25) is 0 Å². The summed E-state index contributed by atoms with van der Waals surface area (Å²) < 4.78 is 16.9. The Hall–Kier alpha value is -2.57. The van der Waals surface area contributed by atoms with Crippen LogP contribution >= 0.6 is 0 Å². The minimum atomic E-state index is -0.768. The zero-order valence-corrected chi connectivity index (χ0v) is 14.5. The number of carbonyl (C=O) groups excluding carboxylic acids is 1. The van der Waals surface area contributed by atoms with Crippen molar-refractivity contribution in [3.05, 3.63) is 60.2 Å². The fourth-order valence-corrected chi connectivity index (χ4v) is 2.91. The molecule has 0 radical (unpaired) electrons. The van der Waals surface area contributed by atoms with Crippen molar-refractivity contribution in [1.82, 2.24) is 5.48 Å². The van der Waals surface area contributed by atoms with E-state index in [1.165, 1.54) is 0 Å². The van der Waals surface area contributed by atoms with Gasteiger partial charge in [-0.25, -0.2) is 5.48 Å². The summed E-state index contributed by atoms with van der Waals surface area (Å²) in [6.45, 7) is 1.64. The maximum absolute atomic E-state index is 12.1. The van der Waals surface area contributed by atoms with Gasteiger partial charge in [0, 0.05) is 13.2 Å². The average Bonchev–Trinajstić information content (AvgIpc) is 2.72. The van der Waals surface area contributed by atoms with Gasteiger partial charge in [-0.05, 0) is 42.7 Å². The lowest BCUT2D eigenvalue weighted by Crippen LogP contribution is -2.47. The van der Waals surface area contributed by atoms with Gasteiger partial charge < -0.3 is 14.2 Å².